The number of amides is 2. The third-order valence-corrected chi connectivity index (χ3v) is 8.08. The molecule has 0 bridgehead atoms. The lowest BCUT2D eigenvalue weighted by atomic mass is 9.75. The first kappa shape index (κ1) is 27.1. The van der Waals surface area contributed by atoms with Gasteiger partial charge in [0, 0.05) is 56.7 Å². The maximum absolute atomic E-state index is 14.3. The molecule has 2 aliphatic heterocycles. The van der Waals surface area contributed by atoms with Gasteiger partial charge in [-0.25, -0.2) is 14.2 Å². The van der Waals surface area contributed by atoms with E-state index in [1.165, 1.54) is 17.0 Å². The molecule has 0 saturated carbocycles. The number of rotatable bonds is 6. The minimum atomic E-state index is -1.12. The summed E-state index contributed by atoms with van der Waals surface area (Å²) in [6, 6.07) is 9.62. The number of hydrogen-bond acceptors (Lipinski definition) is 5. The van der Waals surface area contributed by atoms with Gasteiger partial charge in [0.1, 0.15) is 11.6 Å². The number of hydrogen-bond donors (Lipinski definition) is 2. The van der Waals surface area contributed by atoms with Crippen molar-refractivity contribution in [3.63, 3.8) is 0 Å². The van der Waals surface area contributed by atoms with E-state index in [9.17, 15) is 24.2 Å². The molecule has 2 aliphatic rings. The standard InChI is InChI=1S/C27H34ClFN4O4/c1-4-33(26(35)36)23-16-32(14-19(23)17-8-9-21(28)22(29)13-17)25(34)18-10-12-31(15-20(18)27(2,3)37)24-7-5-6-11-30-24/h5-9,11,13,18-20,23,37H,4,10,12,14-16H2,1-3H3,(H,35,36)/t18?,19-,20?,23+/m0/s1. The average molecular weight is 533 g/mol. The summed E-state index contributed by atoms with van der Waals surface area (Å²) >= 11 is 5.88. The van der Waals surface area contributed by atoms with E-state index in [0.717, 1.165) is 5.82 Å². The average Bonchev–Trinajstić information content (AvgIpc) is 3.30. The maximum atomic E-state index is 14.3. The molecule has 2 saturated heterocycles. The van der Waals surface area contributed by atoms with Crippen LogP contribution in [-0.4, -0.2) is 81.4 Å². The number of likely N-dealkylation sites (tertiary alicyclic amines) is 1. The molecule has 4 atom stereocenters. The van der Waals surface area contributed by atoms with Crippen LogP contribution in [0.1, 0.15) is 38.7 Å². The normalized spacial score (nSPS) is 24.3. The number of pyridine rings is 1. The van der Waals surface area contributed by atoms with Crippen molar-refractivity contribution < 1.29 is 24.2 Å². The van der Waals surface area contributed by atoms with Gasteiger partial charge in [-0.2, -0.15) is 0 Å². The maximum Gasteiger partial charge on any atom is 0.407 e. The molecule has 2 aromatic rings. The summed E-state index contributed by atoms with van der Waals surface area (Å²) in [5.74, 6) is -1.10. The summed E-state index contributed by atoms with van der Waals surface area (Å²) in [5.41, 5.74) is -0.520. The Hall–Kier alpha value is -2.91. The summed E-state index contributed by atoms with van der Waals surface area (Å²) in [7, 11) is 0. The highest BCUT2D eigenvalue weighted by molar-refractivity contribution is 6.30. The smallest absolute Gasteiger partial charge is 0.407 e. The Labute approximate surface area is 221 Å². The van der Waals surface area contributed by atoms with E-state index < -0.39 is 35.4 Å². The van der Waals surface area contributed by atoms with E-state index in [0.29, 0.717) is 25.1 Å². The van der Waals surface area contributed by atoms with Gasteiger partial charge >= 0.3 is 6.09 Å². The number of aliphatic hydroxyl groups is 1. The monoisotopic (exact) mass is 532 g/mol. The van der Waals surface area contributed by atoms with Gasteiger partial charge in [0.05, 0.1) is 16.7 Å². The van der Waals surface area contributed by atoms with Crippen molar-refractivity contribution in [3.05, 3.63) is 59.0 Å². The largest absolute Gasteiger partial charge is 0.465 e. The van der Waals surface area contributed by atoms with Crippen LogP contribution in [0.4, 0.5) is 15.0 Å². The molecule has 200 valence electrons. The van der Waals surface area contributed by atoms with Crippen LogP contribution in [0, 0.1) is 17.7 Å². The third kappa shape index (κ3) is 5.67. The van der Waals surface area contributed by atoms with Crippen LogP contribution >= 0.6 is 11.6 Å². The number of carbonyl (C=O) groups is 2. The lowest BCUT2D eigenvalue weighted by molar-refractivity contribution is -0.141. The van der Waals surface area contributed by atoms with Gasteiger partial charge in [0.25, 0.3) is 0 Å². The fourth-order valence-corrected chi connectivity index (χ4v) is 5.93. The summed E-state index contributed by atoms with van der Waals surface area (Å²) in [6.45, 7) is 6.96. The first-order valence-corrected chi connectivity index (χ1v) is 13.0. The number of benzene rings is 1. The highest BCUT2D eigenvalue weighted by Gasteiger charge is 2.47. The predicted molar refractivity (Wildman–Crippen MR) is 139 cm³/mol. The van der Waals surface area contributed by atoms with Crippen LogP contribution in [-0.2, 0) is 4.79 Å². The quantitative estimate of drug-likeness (QED) is 0.582. The van der Waals surface area contributed by atoms with Gasteiger partial charge in [0.2, 0.25) is 5.91 Å². The van der Waals surface area contributed by atoms with E-state index in [4.69, 9.17) is 11.6 Å². The second-order valence-corrected chi connectivity index (χ2v) is 10.9. The fourth-order valence-electron chi connectivity index (χ4n) is 5.81. The molecule has 8 nitrogen and oxygen atoms in total. The molecule has 10 heteroatoms. The molecule has 0 aliphatic carbocycles. The molecule has 0 radical (unpaired) electrons. The molecule has 37 heavy (non-hydrogen) atoms. The Kier molecular flexibility index (Phi) is 7.94. The summed E-state index contributed by atoms with van der Waals surface area (Å²) in [5, 5.41) is 20.9. The summed E-state index contributed by atoms with van der Waals surface area (Å²) in [6.07, 6.45) is 1.17. The first-order chi connectivity index (χ1) is 17.5. The van der Waals surface area contributed by atoms with E-state index >= 15 is 0 Å². The molecule has 3 heterocycles. The number of piperidine rings is 1. The topological polar surface area (TPSA) is 97.2 Å². The molecular weight excluding hydrogens is 499 g/mol. The Morgan fingerprint density at radius 1 is 1.22 bits per heavy atom. The summed E-state index contributed by atoms with van der Waals surface area (Å²) < 4.78 is 14.3. The van der Waals surface area contributed by atoms with E-state index in [1.54, 1.807) is 37.9 Å². The van der Waals surface area contributed by atoms with Crippen molar-refractivity contribution >= 4 is 29.4 Å². The zero-order valence-electron chi connectivity index (χ0n) is 21.3. The van der Waals surface area contributed by atoms with Gasteiger partial charge in [0.15, 0.2) is 0 Å². The Morgan fingerprint density at radius 3 is 2.57 bits per heavy atom. The van der Waals surface area contributed by atoms with E-state index in [-0.39, 0.29) is 36.5 Å². The van der Waals surface area contributed by atoms with Crippen LogP contribution in [0.2, 0.25) is 5.02 Å². The Morgan fingerprint density at radius 2 is 1.97 bits per heavy atom. The predicted octanol–water partition coefficient (Wildman–Crippen LogP) is 4.08. The van der Waals surface area contributed by atoms with Crippen LogP contribution < -0.4 is 4.90 Å². The van der Waals surface area contributed by atoms with Crippen molar-refractivity contribution in [1.82, 2.24) is 14.8 Å². The number of carboxylic acid groups (broad SMARTS) is 1. The molecule has 2 unspecified atom stereocenters. The first-order valence-electron chi connectivity index (χ1n) is 12.6. The van der Waals surface area contributed by atoms with Gasteiger partial charge in [-0.1, -0.05) is 23.7 Å². The van der Waals surface area contributed by atoms with Crippen LogP contribution in [0.5, 0.6) is 0 Å². The Balaban J connectivity index is 1.60. The van der Waals surface area contributed by atoms with Gasteiger partial charge in [-0.15, -0.1) is 0 Å². The molecule has 1 aromatic heterocycles. The molecule has 2 fully saturated rings. The number of aromatic nitrogens is 1. The second-order valence-electron chi connectivity index (χ2n) is 10.4. The number of nitrogens with zero attached hydrogens (tertiary/aromatic N) is 4. The van der Waals surface area contributed by atoms with E-state index in [1.807, 2.05) is 18.2 Å². The van der Waals surface area contributed by atoms with Crippen molar-refractivity contribution in [2.75, 3.05) is 37.6 Å². The van der Waals surface area contributed by atoms with E-state index in [2.05, 4.69) is 9.88 Å². The minimum Gasteiger partial charge on any atom is -0.465 e. The number of anilines is 1. The molecular formula is C27H34ClFN4O4. The van der Waals surface area contributed by atoms with Crippen molar-refractivity contribution in [1.29, 1.82) is 0 Å². The van der Waals surface area contributed by atoms with Crippen LogP contribution in [0.3, 0.4) is 0 Å². The highest BCUT2D eigenvalue weighted by atomic mass is 35.5. The van der Waals surface area contributed by atoms with Crippen LogP contribution in [0.15, 0.2) is 42.6 Å². The zero-order valence-corrected chi connectivity index (χ0v) is 22.1. The number of carbonyl (C=O) groups excluding carboxylic acids is 1. The number of likely N-dealkylation sites (N-methyl/N-ethyl adjacent to an activating group) is 1. The third-order valence-electron chi connectivity index (χ3n) is 7.77. The van der Waals surface area contributed by atoms with Gasteiger partial charge < -0.3 is 24.9 Å². The van der Waals surface area contributed by atoms with Crippen molar-refractivity contribution in [2.45, 2.75) is 44.8 Å². The zero-order chi connectivity index (χ0) is 26.9. The molecule has 4 rings (SSSR count). The Bertz CT molecular complexity index is 1130. The fraction of sp³-hybridized carbons (Fsp3) is 0.519. The van der Waals surface area contributed by atoms with Crippen molar-refractivity contribution in [3.8, 4) is 0 Å². The lowest BCUT2D eigenvalue weighted by Crippen LogP contribution is -2.54. The molecule has 2 amide bonds. The molecule has 0 spiro atoms. The minimum absolute atomic E-state index is 0.00973. The molecule has 2 N–H and O–H groups in total. The number of halogens is 2. The van der Waals surface area contributed by atoms with Crippen molar-refractivity contribution in [2.24, 2.45) is 11.8 Å². The lowest BCUT2D eigenvalue weighted by Gasteiger charge is -2.44. The SMILES string of the molecule is CCN(C(=O)O)[C@@H]1CN(C(=O)C2CCN(c3ccccn3)CC2C(C)(C)O)C[C@H]1c1ccc(Cl)c(F)c1. The van der Waals surface area contributed by atoms with Crippen LogP contribution in [0.25, 0.3) is 0 Å². The highest BCUT2D eigenvalue weighted by Crippen LogP contribution is 2.38. The summed E-state index contributed by atoms with van der Waals surface area (Å²) in [4.78, 5) is 35.5. The molecule has 1 aromatic carbocycles. The van der Waals surface area contributed by atoms with Gasteiger partial charge in [-0.3, -0.25) is 4.79 Å². The van der Waals surface area contributed by atoms with Gasteiger partial charge in [-0.05, 0) is 57.0 Å². The second kappa shape index (κ2) is 10.8.